The van der Waals surface area contributed by atoms with Crippen LogP contribution in [-0.4, -0.2) is 22.2 Å². The van der Waals surface area contributed by atoms with Crippen LogP contribution in [0.25, 0.3) is 0 Å². The maximum Gasteiger partial charge on any atom is 0.137 e. The highest BCUT2D eigenvalue weighted by molar-refractivity contribution is 6.32. The molecule has 0 aliphatic heterocycles. The monoisotopic (exact) mass is 250 g/mol. The van der Waals surface area contributed by atoms with E-state index in [9.17, 15) is 5.11 Å². The first-order valence-corrected chi connectivity index (χ1v) is 5.37. The molecule has 2 aromatic rings. The van der Waals surface area contributed by atoms with Gasteiger partial charge in [0.15, 0.2) is 0 Å². The predicted molar refractivity (Wildman–Crippen MR) is 64.1 cm³/mol. The van der Waals surface area contributed by atoms with Crippen molar-refractivity contribution in [3.8, 4) is 5.75 Å². The van der Waals surface area contributed by atoms with Crippen LogP contribution in [0.2, 0.25) is 5.02 Å². The molecule has 0 saturated carbocycles. The van der Waals surface area contributed by atoms with Gasteiger partial charge in [0.25, 0.3) is 0 Å². The Labute approximate surface area is 104 Å². The molecule has 5 heteroatoms. The summed E-state index contributed by atoms with van der Waals surface area (Å²) in [4.78, 5) is 7.95. The van der Waals surface area contributed by atoms with Gasteiger partial charge in [-0.25, -0.2) is 0 Å². The summed E-state index contributed by atoms with van der Waals surface area (Å²) in [7, 11) is 1.54. The number of benzene rings is 1. The van der Waals surface area contributed by atoms with E-state index in [1.165, 1.54) is 12.4 Å². The molecule has 1 aromatic carbocycles. The minimum absolute atomic E-state index is 0.452. The average molecular weight is 251 g/mol. The van der Waals surface area contributed by atoms with E-state index in [-0.39, 0.29) is 0 Å². The van der Waals surface area contributed by atoms with Crippen molar-refractivity contribution in [3.05, 3.63) is 53.1 Å². The fourth-order valence-corrected chi connectivity index (χ4v) is 1.74. The van der Waals surface area contributed by atoms with Gasteiger partial charge >= 0.3 is 0 Å². The van der Waals surface area contributed by atoms with E-state index in [0.29, 0.717) is 22.0 Å². The topological polar surface area (TPSA) is 55.2 Å². The molecule has 0 saturated heterocycles. The van der Waals surface area contributed by atoms with Crippen LogP contribution in [0.5, 0.6) is 5.75 Å². The van der Waals surface area contributed by atoms with Gasteiger partial charge in [-0.2, -0.15) is 0 Å². The van der Waals surface area contributed by atoms with Crippen LogP contribution in [0.4, 0.5) is 0 Å². The van der Waals surface area contributed by atoms with Crippen molar-refractivity contribution in [1.29, 1.82) is 0 Å². The minimum Gasteiger partial charge on any atom is -0.495 e. The van der Waals surface area contributed by atoms with Gasteiger partial charge in [0.1, 0.15) is 11.9 Å². The number of methoxy groups -OCH3 is 1. The fourth-order valence-electron chi connectivity index (χ4n) is 1.48. The van der Waals surface area contributed by atoms with Crippen LogP contribution in [0, 0.1) is 0 Å². The van der Waals surface area contributed by atoms with Crippen molar-refractivity contribution in [2.45, 2.75) is 6.10 Å². The minimum atomic E-state index is -0.841. The maximum absolute atomic E-state index is 10.1. The first-order valence-electron chi connectivity index (χ1n) is 5.00. The molecular formula is C12H11ClN2O2. The van der Waals surface area contributed by atoms with Crippen LogP contribution in [-0.2, 0) is 0 Å². The Bertz CT molecular complexity index is 505. The number of halogens is 1. The predicted octanol–water partition coefficient (Wildman–Crippen LogP) is 2.22. The highest BCUT2D eigenvalue weighted by Crippen LogP contribution is 2.29. The van der Waals surface area contributed by atoms with E-state index in [1.54, 1.807) is 31.5 Å². The van der Waals surface area contributed by atoms with Gasteiger partial charge in [0.2, 0.25) is 0 Å². The Morgan fingerprint density at radius 2 is 2.18 bits per heavy atom. The molecule has 0 spiro atoms. The third kappa shape index (κ3) is 2.54. The summed E-state index contributed by atoms with van der Waals surface area (Å²) in [6.45, 7) is 0. The van der Waals surface area contributed by atoms with E-state index in [1.807, 2.05) is 0 Å². The van der Waals surface area contributed by atoms with Gasteiger partial charge < -0.3 is 9.84 Å². The zero-order valence-electron chi connectivity index (χ0n) is 9.17. The third-order valence-electron chi connectivity index (χ3n) is 2.35. The van der Waals surface area contributed by atoms with Gasteiger partial charge in [-0.05, 0) is 17.7 Å². The number of aliphatic hydroxyl groups excluding tert-OH is 1. The molecule has 4 nitrogen and oxygen atoms in total. The van der Waals surface area contributed by atoms with Crippen LogP contribution >= 0.6 is 11.6 Å². The number of rotatable bonds is 3. The van der Waals surface area contributed by atoms with Crippen LogP contribution in [0.15, 0.2) is 36.8 Å². The third-order valence-corrected chi connectivity index (χ3v) is 2.65. The molecule has 0 aliphatic rings. The molecule has 1 N–H and O–H groups in total. The maximum atomic E-state index is 10.1. The Morgan fingerprint density at radius 1 is 1.35 bits per heavy atom. The Hall–Kier alpha value is -1.65. The molecule has 2 rings (SSSR count). The van der Waals surface area contributed by atoms with Crippen LogP contribution in [0.1, 0.15) is 17.4 Å². The van der Waals surface area contributed by atoms with Gasteiger partial charge in [0, 0.05) is 12.4 Å². The normalized spacial score (nSPS) is 12.2. The molecule has 88 valence electrons. The second-order valence-corrected chi connectivity index (χ2v) is 3.83. The van der Waals surface area contributed by atoms with E-state index in [4.69, 9.17) is 16.3 Å². The summed E-state index contributed by atoms with van der Waals surface area (Å²) in [5, 5.41) is 10.5. The number of aromatic nitrogens is 2. The van der Waals surface area contributed by atoms with E-state index < -0.39 is 6.10 Å². The Kier molecular flexibility index (Phi) is 3.56. The second-order valence-electron chi connectivity index (χ2n) is 3.43. The van der Waals surface area contributed by atoms with Crippen molar-refractivity contribution < 1.29 is 9.84 Å². The molecule has 0 fully saturated rings. The summed E-state index contributed by atoms with van der Waals surface area (Å²) in [5.41, 5.74) is 1.13. The first kappa shape index (κ1) is 11.8. The van der Waals surface area contributed by atoms with Gasteiger partial charge in [-0.15, -0.1) is 0 Å². The molecule has 1 atom stereocenters. The zero-order chi connectivity index (χ0) is 12.3. The largest absolute Gasteiger partial charge is 0.495 e. The zero-order valence-corrected chi connectivity index (χ0v) is 9.93. The van der Waals surface area contributed by atoms with Gasteiger partial charge in [0.05, 0.1) is 24.0 Å². The highest BCUT2D eigenvalue weighted by Gasteiger charge is 2.13. The Morgan fingerprint density at radius 3 is 2.76 bits per heavy atom. The van der Waals surface area contributed by atoms with E-state index in [2.05, 4.69) is 9.97 Å². The number of hydrogen-bond acceptors (Lipinski definition) is 4. The van der Waals surface area contributed by atoms with Crippen molar-refractivity contribution in [3.63, 3.8) is 0 Å². The number of aliphatic hydroxyl groups is 1. The standard InChI is InChI=1S/C12H11ClN2O2/c1-17-11-3-2-8(6-9(11)13)12(16)10-7-14-4-5-15-10/h2-7,12,16H,1H3. The van der Waals surface area contributed by atoms with Crippen LogP contribution in [0.3, 0.4) is 0 Å². The summed E-state index contributed by atoms with van der Waals surface area (Å²) in [6, 6.07) is 5.10. The van der Waals surface area contributed by atoms with Crippen molar-refractivity contribution in [1.82, 2.24) is 9.97 Å². The van der Waals surface area contributed by atoms with E-state index >= 15 is 0 Å². The van der Waals surface area contributed by atoms with Gasteiger partial charge in [-0.1, -0.05) is 17.7 Å². The molecule has 0 aliphatic carbocycles. The lowest BCUT2D eigenvalue weighted by molar-refractivity contribution is 0.214. The molecule has 1 heterocycles. The molecule has 0 bridgehead atoms. The van der Waals surface area contributed by atoms with Crippen molar-refractivity contribution in [2.75, 3.05) is 7.11 Å². The summed E-state index contributed by atoms with van der Waals surface area (Å²) < 4.78 is 5.04. The van der Waals surface area contributed by atoms with Gasteiger partial charge in [-0.3, -0.25) is 9.97 Å². The summed E-state index contributed by atoms with van der Waals surface area (Å²) in [5.74, 6) is 0.571. The fraction of sp³-hybridized carbons (Fsp3) is 0.167. The highest BCUT2D eigenvalue weighted by atomic mass is 35.5. The quantitative estimate of drug-likeness (QED) is 0.908. The lowest BCUT2D eigenvalue weighted by atomic mass is 10.1. The summed E-state index contributed by atoms with van der Waals surface area (Å²) in [6.07, 6.45) is 3.76. The molecule has 0 amide bonds. The average Bonchev–Trinajstić information content (AvgIpc) is 2.39. The molecule has 17 heavy (non-hydrogen) atoms. The molecule has 0 radical (unpaired) electrons. The van der Waals surface area contributed by atoms with Crippen LogP contribution < -0.4 is 4.74 Å². The number of ether oxygens (including phenoxy) is 1. The van der Waals surface area contributed by atoms with Crippen molar-refractivity contribution in [2.24, 2.45) is 0 Å². The molecule has 1 aromatic heterocycles. The SMILES string of the molecule is COc1ccc(C(O)c2cnccn2)cc1Cl. The lowest BCUT2D eigenvalue weighted by Gasteiger charge is -2.11. The Balaban J connectivity index is 2.32. The first-order chi connectivity index (χ1) is 8.22. The number of nitrogens with zero attached hydrogens (tertiary/aromatic N) is 2. The van der Waals surface area contributed by atoms with E-state index in [0.717, 1.165) is 0 Å². The lowest BCUT2D eigenvalue weighted by Crippen LogP contribution is -2.02. The number of hydrogen-bond donors (Lipinski definition) is 1. The smallest absolute Gasteiger partial charge is 0.137 e. The molecule has 1 unspecified atom stereocenters. The second kappa shape index (κ2) is 5.12. The molecular weight excluding hydrogens is 240 g/mol. The summed E-state index contributed by atoms with van der Waals surface area (Å²) >= 11 is 5.99. The van der Waals surface area contributed by atoms with Crippen molar-refractivity contribution >= 4 is 11.6 Å².